The normalized spacial score (nSPS) is 16.3. The Morgan fingerprint density at radius 1 is 1.02 bits per heavy atom. The first-order chi connectivity index (χ1) is 20.5. The van der Waals surface area contributed by atoms with Crippen LogP contribution in [0.15, 0.2) is 48.2 Å². The summed E-state index contributed by atoms with van der Waals surface area (Å²) in [5, 5.41) is 10.2. The molecule has 0 unspecified atom stereocenters. The molecule has 7 nitrogen and oxygen atoms in total. The Labute approximate surface area is 251 Å². The smallest absolute Gasteiger partial charge is 0.389 e. The van der Waals surface area contributed by atoms with E-state index in [1.807, 2.05) is 0 Å². The molecule has 1 atom stereocenters. The average Bonchev–Trinajstić information content (AvgIpc) is 3.75. The number of hydrogen-bond donors (Lipinski definition) is 2. The number of hydrogen-bond acceptors (Lipinski definition) is 6. The predicted molar refractivity (Wildman–Crippen MR) is 152 cm³/mol. The Morgan fingerprint density at radius 3 is 2.14 bits per heavy atom. The Bertz CT molecular complexity index is 1350. The number of nitrogens with zero attached hydrogens (tertiary/aromatic N) is 1. The minimum absolute atomic E-state index is 0.0646. The molecular weight excluding hydrogens is 592 g/mol. The predicted octanol–water partition coefficient (Wildman–Crippen LogP) is 7.00. The summed E-state index contributed by atoms with van der Waals surface area (Å²) in [6.45, 7) is 2.15. The van der Waals surface area contributed by atoms with Crippen molar-refractivity contribution in [1.82, 2.24) is 10.3 Å². The van der Waals surface area contributed by atoms with Crippen molar-refractivity contribution < 1.29 is 45.4 Å². The minimum Gasteiger partial charge on any atom is -0.495 e. The zero-order valence-corrected chi connectivity index (χ0v) is 24.6. The van der Waals surface area contributed by atoms with Gasteiger partial charge in [0.05, 0.1) is 37.4 Å². The maximum Gasteiger partial charge on any atom is 0.389 e. The Morgan fingerprint density at radius 2 is 1.66 bits per heavy atom. The third kappa shape index (κ3) is 9.55. The van der Waals surface area contributed by atoms with Crippen molar-refractivity contribution >= 4 is 23.5 Å². The number of rotatable bonds is 15. The van der Waals surface area contributed by atoms with E-state index in [0.717, 1.165) is 6.21 Å². The van der Waals surface area contributed by atoms with E-state index in [4.69, 9.17) is 14.9 Å². The molecule has 44 heavy (non-hydrogen) atoms. The number of halogens is 6. The van der Waals surface area contributed by atoms with Gasteiger partial charge in [0.25, 0.3) is 0 Å². The highest BCUT2D eigenvalue weighted by Gasteiger charge is 2.48. The number of pyridine rings is 1. The second-order valence-corrected chi connectivity index (χ2v) is 11.2. The SMILES string of the molecule is COc1ccc(/C(C[C@@](C)(CC(F)(F)F)c2ccc(OCCCC(F)(F)F)cc2)=C(\CNC(=O)C2(C=N)CC2)C(C)=O)nc1. The number of benzene rings is 1. The lowest BCUT2D eigenvalue weighted by Gasteiger charge is -2.33. The number of carbonyl (C=O) groups excluding carboxylic acids is 2. The van der Waals surface area contributed by atoms with Gasteiger partial charge in [-0.25, -0.2) is 0 Å². The van der Waals surface area contributed by atoms with Crippen LogP contribution in [0.1, 0.15) is 63.6 Å². The highest BCUT2D eigenvalue weighted by atomic mass is 19.4. The largest absolute Gasteiger partial charge is 0.495 e. The number of aromatic nitrogens is 1. The van der Waals surface area contributed by atoms with Crippen molar-refractivity contribution in [2.45, 2.75) is 70.1 Å². The van der Waals surface area contributed by atoms with Gasteiger partial charge < -0.3 is 20.2 Å². The maximum atomic E-state index is 14.1. The fraction of sp³-hybridized carbons (Fsp3) is 0.484. The number of nitrogens with one attached hydrogen (secondary N) is 2. The van der Waals surface area contributed by atoms with Crippen molar-refractivity contribution in [2.75, 3.05) is 20.3 Å². The summed E-state index contributed by atoms with van der Waals surface area (Å²) < 4.78 is 89.9. The van der Waals surface area contributed by atoms with Gasteiger partial charge in [0.15, 0.2) is 5.78 Å². The number of alkyl halides is 6. The van der Waals surface area contributed by atoms with E-state index in [1.54, 1.807) is 6.07 Å². The molecule has 0 bridgehead atoms. The van der Waals surface area contributed by atoms with Crippen LogP contribution in [0.4, 0.5) is 26.3 Å². The van der Waals surface area contributed by atoms with E-state index >= 15 is 0 Å². The molecule has 0 saturated heterocycles. The molecule has 2 N–H and O–H groups in total. The van der Waals surface area contributed by atoms with Gasteiger partial charge in [-0.3, -0.25) is 14.6 Å². The molecular formula is C31H35F6N3O4. The van der Waals surface area contributed by atoms with E-state index in [0.29, 0.717) is 18.6 Å². The number of ketones is 1. The summed E-state index contributed by atoms with van der Waals surface area (Å²) in [6, 6.07) is 8.69. The third-order valence-corrected chi connectivity index (χ3v) is 7.60. The van der Waals surface area contributed by atoms with Crippen LogP contribution in [-0.4, -0.2) is 55.5 Å². The summed E-state index contributed by atoms with van der Waals surface area (Å²) in [7, 11) is 1.42. The number of ether oxygens (including phenoxy) is 2. The summed E-state index contributed by atoms with van der Waals surface area (Å²) in [6.07, 6.45) is -8.43. The molecule has 240 valence electrons. The fourth-order valence-electron chi connectivity index (χ4n) is 4.91. The first-order valence-electron chi connectivity index (χ1n) is 13.9. The Hall–Kier alpha value is -3.90. The molecule has 1 aliphatic rings. The monoisotopic (exact) mass is 627 g/mol. The maximum absolute atomic E-state index is 14.1. The van der Waals surface area contributed by atoms with E-state index in [9.17, 15) is 35.9 Å². The standard InChI is InChI=1S/C31H35F6N3O4/c1-20(41)25(17-40-27(42)29(19-38)12-13-29)24(26-10-9-23(43-3)16-39-26)15-28(2,18-31(35,36)37)21-5-7-22(8-6-21)44-14-4-11-30(32,33)34/h5-10,16,19,38H,4,11-15,17-18H2,1-3H3,(H,40,42)/b25-24+,38-19?/t28-/m0/s1. The summed E-state index contributed by atoms with van der Waals surface area (Å²) >= 11 is 0. The number of methoxy groups -OCH3 is 1. The lowest BCUT2D eigenvalue weighted by molar-refractivity contribution is -0.146. The molecule has 1 saturated carbocycles. The van der Waals surface area contributed by atoms with Crippen LogP contribution in [0.25, 0.3) is 5.57 Å². The first kappa shape index (κ1) is 34.6. The minimum atomic E-state index is -4.62. The molecule has 0 spiro atoms. The van der Waals surface area contributed by atoms with Gasteiger partial charge in [0.1, 0.15) is 11.5 Å². The number of carbonyl (C=O) groups is 2. The number of Topliss-reactive ketones (excluding diaryl/α,β-unsaturated/α-hetero) is 1. The molecule has 3 rings (SSSR count). The van der Waals surface area contributed by atoms with E-state index < -0.39 is 47.7 Å². The number of allylic oxidation sites excluding steroid dienone is 1. The molecule has 1 aromatic carbocycles. The zero-order chi connectivity index (χ0) is 32.8. The third-order valence-electron chi connectivity index (χ3n) is 7.60. The van der Waals surface area contributed by atoms with Crippen LogP contribution in [0.5, 0.6) is 11.5 Å². The van der Waals surface area contributed by atoms with Crippen molar-refractivity contribution in [3.05, 3.63) is 59.4 Å². The first-order valence-corrected chi connectivity index (χ1v) is 13.9. The van der Waals surface area contributed by atoms with Crippen LogP contribution in [0, 0.1) is 10.8 Å². The second kappa shape index (κ2) is 13.8. The molecule has 2 aromatic rings. The van der Waals surface area contributed by atoms with Crippen molar-refractivity contribution in [1.29, 1.82) is 5.41 Å². The van der Waals surface area contributed by atoms with Gasteiger partial charge in [-0.2, -0.15) is 26.3 Å². The van der Waals surface area contributed by atoms with Crippen molar-refractivity contribution in [3.63, 3.8) is 0 Å². The second-order valence-electron chi connectivity index (χ2n) is 11.2. The van der Waals surface area contributed by atoms with E-state index in [2.05, 4.69) is 10.3 Å². The van der Waals surface area contributed by atoms with Crippen LogP contribution in [0.2, 0.25) is 0 Å². The van der Waals surface area contributed by atoms with Crippen LogP contribution in [0.3, 0.4) is 0 Å². The van der Waals surface area contributed by atoms with Crippen molar-refractivity contribution in [2.24, 2.45) is 5.41 Å². The quantitative estimate of drug-likeness (QED) is 0.0959. The van der Waals surface area contributed by atoms with Crippen LogP contribution >= 0.6 is 0 Å². The number of amides is 1. The Kier molecular flexibility index (Phi) is 10.9. The van der Waals surface area contributed by atoms with Crippen LogP contribution < -0.4 is 14.8 Å². The molecule has 0 radical (unpaired) electrons. The molecule has 0 aliphatic heterocycles. The van der Waals surface area contributed by atoms with Gasteiger partial charge in [-0.05, 0) is 68.0 Å². The molecule has 1 aliphatic carbocycles. The van der Waals surface area contributed by atoms with E-state index in [-0.39, 0.29) is 54.1 Å². The van der Waals surface area contributed by atoms with E-state index in [1.165, 1.54) is 57.5 Å². The lowest BCUT2D eigenvalue weighted by Crippen LogP contribution is -2.36. The molecule has 13 heteroatoms. The summed E-state index contributed by atoms with van der Waals surface area (Å²) in [5.41, 5.74) is -1.86. The summed E-state index contributed by atoms with van der Waals surface area (Å²) in [5.74, 6) is -0.340. The molecule has 1 aromatic heterocycles. The Balaban J connectivity index is 2.00. The lowest BCUT2D eigenvalue weighted by atomic mass is 9.72. The van der Waals surface area contributed by atoms with Gasteiger partial charge >= 0.3 is 12.4 Å². The molecule has 1 fully saturated rings. The highest BCUT2D eigenvalue weighted by Crippen LogP contribution is 2.45. The fourth-order valence-corrected chi connectivity index (χ4v) is 4.91. The van der Waals surface area contributed by atoms with Crippen molar-refractivity contribution in [3.8, 4) is 11.5 Å². The zero-order valence-electron chi connectivity index (χ0n) is 24.6. The van der Waals surface area contributed by atoms with Gasteiger partial charge in [-0.1, -0.05) is 19.1 Å². The van der Waals surface area contributed by atoms with Crippen LogP contribution in [-0.2, 0) is 15.0 Å². The molecule has 1 heterocycles. The van der Waals surface area contributed by atoms with Gasteiger partial charge in [0.2, 0.25) is 5.91 Å². The highest BCUT2D eigenvalue weighted by molar-refractivity contribution is 6.04. The van der Waals surface area contributed by atoms with Gasteiger partial charge in [0, 0.05) is 30.2 Å². The summed E-state index contributed by atoms with van der Waals surface area (Å²) in [4.78, 5) is 30.0. The van der Waals surface area contributed by atoms with Gasteiger partial charge in [-0.15, -0.1) is 0 Å². The topological polar surface area (TPSA) is 101 Å². The molecule has 1 amide bonds. The average molecular weight is 628 g/mol.